The van der Waals surface area contributed by atoms with Crippen LogP contribution < -0.4 is 10.5 Å². The van der Waals surface area contributed by atoms with Crippen molar-refractivity contribution in [2.45, 2.75) is 23.6 Å². The molecule has 0 amide bonds. The monoisotopic (exact) mass is 233 g/mol. The topological polar surface area (TPSA) is 35.2 Å². The molecule has 0 aromatic heterocycles. The van der Waals surface area contributed by atoms with E-state index in [1.165, 1.54) is 7.11 Å². The fraction of sp³-hybridized carbons (Fsp3) is 0.400. The van der Waals surface area contributed by atoms with Crippen LogP contribution >= 0.6 is 11.8 Å². The van der Waals surface area contributed by atoms with Crippen molar-refractivity contribution >= 4 is 11.8 Å². The Hall–Kier alpha value is -0.810. The summed E-state index contributed by atoms with van der Waals surface area (Å²) in [7, 11) is 1.45. The van der Waals surface area contributed by atoms with Gasteiger partial charge in [0.05, 0.1) is 12.0 Å². The smallest absolute Gasteiger partial charge is 0.289 e. The first kappa shape index (κ1) is 12.3. The van der Waals surface area contributed by atoms with E-state index in [0.717, 1.165) is 5.56 Å². The van der Waals surface area contributed by atoms with Crippen molar-refractivity contribution in [3.63, 3.8) is 0 Å². The van der Waals surface area contributed by atoms with Crippen LogP contribution in [0.3, 0.4) is 0 Å². The number of benzene rings is 1. The molecule has 1 rings (SSSR count). The van der Waals surface area contributed by atoms with E-state index in [2.05, 4.69) is 0 Å². The Labute approximate surface area is 91.8 Å². The SMILES string of the molecule is COc1cc([C@@H](C)N)ccc1SC(F)F. The van der Waals surface area contributed by atoms with Gasteiger partial charge in [-0.15, -0.1) is 0 Å². The Morgan fingerprint density at radius 3 is 2.53 bits per heavy atom. The number of ether oxygens (including phenoxy) is 1. The molecule has 0 aliphatic carbocycles. The summed E-state index contributed by atoms with van der Waals surface area (Å²) in [5, 5.41) is 0. The molecule has 0 heterocycles. The fourth-order valence-corrected chi connectivity index (χ4v) is 1.76. The average molecular weight is 233 g/mol. The summed E-state index contributed by atoms with van der Waals surface area (Å²) in [4.78, 5) is 0.428. The number of hydrogen-bond donors (Lipinski definition) is 1. The number of methoxy groups -OCH3 is 1. The van der Waals surface area contributed by atoms with Gasteiger partial charge in [0.25, 0.3) is 5.76 Å². The summed E-state index contributed by atoms with van der Waals surface area (Å²) in [5.74, 6) is -2.00. The normalized spacial score (nSPS) is 12.9. The van der Waals surface area contributed by atoms with E-state index in [0.29, 0.717) is 22.4 Å². The highest BCUT2D eigenvalue weighted by molar-refractivity contribution is 7.99. The van der Waals surface area contributed by atoms with Gasteiger partial charge in [-0.2, -0.15) is 8.78 Å². The van der Waals surface area contributed by atoms with Gasteiger partial charge in [0, 0.05) is 6.04 Å². The maximum atomic E-state index is 12.2. The second kappa shape index (κ2) is 5.32. The van der Waals surface area contributed by atoms with Crippen molar-refractivity contribution in [3.8, 4) is 5.75 Å². The van der Waals surface area contributed by atoms with Gasteiger partial charge in [-0.1, -0.05) is 17.8 Å². The standard InChI is InChI=1S/C10H13F2NOS/c1-6(13)7-3-4-9(15-10(11)12)8(5-7)14-2/h3-6,10H,13H2,1-2H3/t6-/m1/s1. The number of thioether (sulfide) groups is 1. The lowest BCUT2D eigenvalue weighted by atomic mass is 10.1. The molecule has 0 bridgehead atoms. The van der Waals surface area contributed by atoms with Crippen LogP contribution in [0, 0.1) is 0 Å². The van der Waals surface area contributed by atoms with Crippen LogP contribution in [0.1, 0.15) is 18.5 Å². The van der Waals surface area contributed by atoms with Crippen molar-refractivity contribution in [2.75, 3.05) is 7.11 Å². The maximum absolute atomic E-state index is 12.2. The molecule has 0 aliphatic rings. The number of nitrogens with two attached hydrogens (primary N) is 1. The lowest BCUT2D eigenvalue weighted by Crippen LogP contribution is -2.05. The van der Waals surface area contributed by atoms with Crippen LogP contribution in [0.15, 0.2) is 23.1 Å². The Balaban J connectivity index is 2.98. The highest BCUT2D eigenvalue weighted by atomic mass is 32.2. The lowest BCUT2D eigenvalue weighted by Gasteiger charge is -2.11. The number of rotatable bonds is 4. The number of hydrogen-bond acceptors (Lipinski definition) is 3. The molecule has 0 aliphatic heterocycles. The van der Waals surface area contributed by atoms with Gasteiger partial charge in [0.1, 0.15) is 5.75 Å². The second-order valence-corrected chi connectivity index (χ2v) is 4.11. The third kappa shape index (κ3) is 3.35. The largest absolute Gasteiger partial charge is 0.496 e. The summed E-state index contributed by atoms with van der Waals surface area (Å²) in [6.45, 7) is 1.83. The van der Waals surface area contributed by atoms with E-state index in [-0.39, 0.29) is 6.04 Å². The van der Waals surface area contributed by atoms with Crippen molar-refractivity contribution in [1.82, 2.24) is 0 Å². The molecule has 1 aromatic carbocycles. The third-order valence-electron chi connectivity index (χ3n) is 1.93. The Bertz CT molecular complexity index is 331. The highest BCUT2D eigenvalue weighted by Gasteiger charge is 2.12. The molecule has 0 spiro atoms. The summed E-state index contributed by atoms with van der Waals surface area (Å²) >= 11 is 0.471. The molecule has 84 valence electrons. The summed E-state index contributed by atoms with van der Waals surface area (Å²) in [6.07, 6.45) is 0. The van der Waals surface area contributed by atoms with Crippen LogP contribution in [-0.2, 0) is 0 Å². The van der Waals surface area contributed by atoms with Crippen LogP contribution in [0.4, 0.5) is 8.78 Å². The van der Waals surface area contributed by atoms with Crippen LogP contribution in [0.2, 0.25) is 0 Å². The summed E-state index contributed by atoms with van der Waals surface area (Å²) < 4.78 is 29.4. The van der Waals surface area contributed by atoms with E-state index < -0.39 is 5.76 Å². The zero-order chi connectivity index (χ0) is 11.4. The molecule has 2 nitrogen and oxygen atoms in total. The van der Waals surface area contributed by atoms with E-state index in [9.17, 15) is 8.78 Å². The lowest BCUT2D eigenvalue weighted by molar-refractivity contribution is 0.251. The molecule has 0 unspecified atom stereocenters. The minimum absolute atomic E-state index is 0.135. The van der Waals surface area contributed by atoms with Gasteiger partial charge < -0.3 is 10.5 Å². The van der Waals surface area contributed by atoms with Gasteiger partial charge in [-0.3, -0.25) is 0 Å². The third-order valence-corrected chi connectivity index (χ3v) is 2.70. The Morgan fingerprint density at radius 1 is 1.40 bits per heavy atom. The van der Waals surface area contributed by atoms with E-state index in [1.54, 1.807) is 18.2 Å². The molecule has 0 saturated heterocycles. The molecule has 0 fully saturated rings. The first-order chi connectivity index (χ1) is 7.04. The molecule has 1 atom stereocenters. The zero-order valence-electron chi connectivity index (χ0n) is 8.54. The van der Waals surface area contributed by atoms with E-state index >= 15 is 0 Å². The van der Waals surface area contributed by atoms with Crippen molar-refractivity contribution in [2.24, 2.45) is 5.73 Å². The predicted molar refractivity (Wildman–Crippen MR) is 57.5 cm³/mol. The van der Waals surface area contributed by atoms with Crippen molar-refractivity contribution in [3.05, 3.63) is 23.8 Å². The quantitative estimate of drug-likeness (QED) is 0.812. The average Bonchev–Trinajstić information content (AvgIpc) is 2.17. The molecule has 0 saturated carbocycles. The second-order valence-electron chi connectivity index (χ2n) is 3.08. The van der Waals surface area contributed by atoms with Gasteiger partial charge in [-0.05, 0) is 24.6 Å². The Morgan fingerprint density at radius 2 is 2.07 bits per heavy atom. The Kier molecular flexibility index (Phi) is 4.35. The maximum Gasteiger partial charge on any atom is 0.289 e. The fourth-order valence-electron chi connectivity index (χ4n) is 1.16. The van der Waals surface area contributed by atoms with Crippen LogP contribution in [0.5, 0.6) is 5.75 Å². The summed E-state index contributed by atoms with van der Waals surface area (Å²) in [6, 6.07) is 4.89. The van der Waals surface area contributed by atoms with Gasteiger partial charge >= 0.3 is 0 Å². The molecule has 1 aromatic rings. The van der Waals surface area contributed by atoms with Crippen LogP contribution in [-0.4, -0.2) is 12.9 Å². The van der Waals surface area contributed by atoms with Gasteiger partial charge in [0.2, 0.25) is 0 Å². The van der Waals surface area contributed by atoms with Crippen molar-refractivity contribution in [1.29, 1.82) is 0 Å². The van der Waals surface area contributed by atoms with E-state index in [4.69, 9.17) is 10.5 Å². The molecular formula is C10H13F2NOS. The minimum atomic E-state index is -2.44. The van der Waals surface area contributed by atoms with Gasteiger partial charge in [0.15, 0.2) is 0 Å². The van der Waals surface area contributed by atoms with Crippen molar-refractivity contribution < 1.29 is 13.5 Å². The van der Waals surface area contributed by atoms with E-state index in [1.807, 2.05) is 6.92 Å². The first-order valence-electron chi connectivity index (χ1n) is 4.43. The predicted octanol–water partition coefficient (Wildman–Crippen LogP) is 3.03. The molecular weight excluding hydrogens is 220 g/mol. The molecule has 15 heavy (non-hydrogen) atoms. The molecule has 0 radical (unpaired) electrons. The van der Waals surface area contributed by atoms with Crippen LogP contribution in [0.25, 0.3) is 0 Å². The summed E-state index contributed by atoms with van der Waals surface area (Å²) in [5.41, 5.74) is 6.54. The highest BCUT2D eigenvalue weighted by Crippen LogP contribution is 2.34. The molecule has 5 heteroatoms. The number of alkyl halides is 2. The number of halogens is 2. The minimum Gasteiger partial charge on any atom is -0.496 e. The molecule has 2 N–H and O–H groups in total. The van der Waals surface area contributed by atoms with Gasteiger partial charge in [-0.25, -0.2) is 0 Å². The zero-order valence-corrected chi connectivity index (χ0v) is 9.35. The first-order valence-corrected chi connectivity index (χ1v) is 5.31.